The van der Waals surface area contributed by atoms with Gasteiger partial charge in [0, 0.05) is 13.0 Å². The summed E-state index contributed by atoms with van der Waals surface area (Å²) in [7, 11) is 0. The standard InChI is InChI=1S/C10H16N2O3/c1-4-14-6-5-9-11-10(15-12-9)7(2)8(3)13/h7H,4-6H2,1-3H3. The maximum atomic E-state index is 11.1. The van der Waals surface area contributed by atoms with Crippen LogP contribution in [0.2, 0.25) is 0 Å². The topological polar surface area (TPSA) is 65.2 Å². The van der Waals surface area contributed by atoms with Crippen molar-refractivity contribution in [1.82, 2.24) is 10.1 Å². The minimum Gasteiger partial charge on any atom is -0.381 e. The van der Waals surface area contributed by atoms with E-state index in [4.69, 9.17) is 9.26 Å². The van der Waals surface area contributed by atoms with Crippen LogP contribution >= 0.6 is 0 Å². The highest BCUT2D eigenvalue weighted by molar-refractivity contribution is 5.81. The molecule has 0 spiro atoms. The van der Waals surface area contributed by atoms with Crippen molar-refractivity contribution in [2.75, 3.05) is 13.2 Å². The minimum absolute atomic E-state index is 0.0232. The number of ketones is 1. The zero-order valence-electron chi connectivity index (χ0n) is 9.32. The van der Waals surface area contributed by atoms with E-state index in [-0.39, 0.29) is 11.7 Å². The van der Waals surface area contributed by atoms with E-state index in [9.17, 15) is 4.79 Å². The Morgan fingerprint density at radius 2 is 2.33 bits per heavy atom. The second kappa shape index (κ2) is 5.60. The number of Topliss-reactive ketones (excluding diaryl/α,β-unsaturated/α-hetero) is 1. The molecule has 0 radical (unpaired) electrons. The monoisotopic (exact) mass is 212 g/mol. The smallest absolute Gasteiger partial charge is 0.236 e. The van der Waals surface area contributed by atoms with Crippen molar-refractivity contribution in [1.29, 1.82) is 0 Å². The Hall–Kier alpha value is -1.23. The van der Waals surface area contributed by atoms with Crippen LogP contribution in [0.15, 0.2) is 4.52 Å². The first-order valence-corrected chi connectivity index (χ1v) is 5.05. The molecule has 84 valence electrons. The van der Waals surface area contributed by atoms with Gasteiger partial charge < -0.3 is 9.26 Å². The Morgan fingerprint density at radius 3 is 2.93 bits per heavy atom. The summed E-state index contributed by atoms with van der Waals surface area (Å²) in [4.78, 5) is 15.2. The maximum Gasteiger partial charge on any atom is 0.236 e. The summed E-state index contributed by atoms with van der Waals surface area (Å²) < 4.78 is 10.1. The van der Waals surface area contributed by atoms with Gasteiger partial charge in [0.2, 0.25) is 5.89 Å². The van der Waals surface area contributed by atoms with E-state index in [1.165, 1.54) is 6.92 Å². The summed E-state index contributed by atoms with van der Waals surface area (Å²) in [5.74, 6) is 0.675. The molecular formula is C10H16N2O3. The molecule has 1 atom stereocenters. The second-order valence-electron chi connectivity index (χ2n) is 3.33. The molecule has 5 nitrogen and oxygen atoms in total. The number of hydrogen-bond acceptors (Lipinski definition) is 5. The molecule has 0 bridgehead atoms. The molecule has 0 N–H and O–H groups in total. The highest BCUT2D eigenvalue weighted by Gasteiger charge is 2.17. The molecule has 1 heterocycles. The normalized spacial score (nSPS) is 12.7. The van der Waals surface area contributed by atoms with Crippen molar-refractivity contribution >= 4 is 5.78 Å². The minimum atomic E-state index is -0.321. The van der Waals surface area contributed by atoms with Crippen molar-refractivity contribution in [3.63, 3.8) is 0 Å². The van der Waals surface area contributed by atoms with Gasteiger partial charge in [-0.05, 0) is 20.8 Å². The molecule has 0 saturated carbocycles. The average Bonchev–Trinajstić information content (AvgIpc) is 2.65. The molecular weight excluding hydrogens is 196 g/mol. The van der Waals surface area contributed by atoms with Gasteiger partial charge in [-0.25, -0.2) is 0 Å². The lowest BCUT2D eigenvalue weighted by atomic mass is 10.1. The summed E-state index contributed by atoms with van der Waals surface area (Å²) in [6.45, 7) is 6.44. The molecule has 0 aliphatic rings. The fourth-order valence-corrected chi connectivity index (χ4v) is 1.03. The molecule has 5 heteroatoms. The number of nitrogens with zero attached hydrogens (tertiary/aromatic N) is 2. The van der Waals surface area contributed by atoms with Gasteiger partial charge in [0.15, 0.2) is 5.82 Å². The Kier molecular flexibility index (Phi) is 4.42. The molecule has 1 rings (SSSR count). The van der Waals surface area contributed by atoms with Crippen LogP contribution in [0.1, 0.15) is 38.4 Å². The molecule has 1 aromatic heterocycles. The fraction of sp³-hybridized carbons (Fsp3) is 0.700. The zero-order valence-corrected chi connectivity index (χ0v) is 9.32. The van der Waals surface area contributed by atoms with Gasteiger partial charge in [0.05, 0.1) is 12.5 Å². The zero-order chi connectivity index (χ0) is 11.3. The molecule has 0 aromatic carbocycles. The Bertz CT molecular complexity index is 322. The first kappa shape index (κ1) is 11.8. The number of hydrogen-bond donors (Lipinski definition) is 0. The number of carbonyl (C=O) groups is 1. The predicted octanol–water partition coefficient (Wildman–Crippen LogP) is 1.34. The Morgan fingerprint density at radius 1 is 1.60 bits per heavy atom. The van der Waals surface area contributed by atoms with Crippen LogP contribution in [-0.2, 0) is 16.0 Å². The van der Waals surface area contributed by atoms with Crippen LogP contribution in [0, 0.1) is 0 Å². The van der Waals surface area contributed by atoms with Gasteiger partial charge in [0.25, 0.3) is 0 Å². The molecule has 0 amide bonds. The average molecular weight is 212 g/mol. The van der Waals surface area contributed by atoms with E-state index in [1.54, 1.807) is 6.92 Å². The number of ether oxygens (including phenoxy) is 1. The van der Waals surface area contributed by atoms with E-state index < -0.39 is 0 Å². The summed E-state index contributed by atoms with van der Waals surface area (Å²) in [6.07, 6.45) is 0.613. The summed E-state index contributed by atoms with van der Waals surface area (Å²) in [5.41, 5.74) is 0. The third kappa shape index (κ3) is 3.43. The summed E-state index contributed by atoms with van der Waals surface area (Å²) in [5, 5.41) is 3.77. The van der Waals surface area contributed by atoms with E-state index in [0.717, 1.165) is 0 Å². The molecule has 0 saturated heterocycles. The van der Waals surface area contributed by atoms with Gasteiger partial charge in [-0.2, -0.15) is 4.98 Å². The van der Waals surface area contributed by atoms with Crippen LogP contribution in [0.4, 0.5) is 0 Å². The molecule has 15 heavy (non-hydrogen) atoms. The second-order valence-corrected chi connectivity index (χ2v) is 3.33. The lowest BCUT2D eigenvalue weighted by molar-refractivity contribution is -0.118. The van der Waals surface area contributed by atoms with Gasteiger partial charge >= 0.3 is 0 Å². The molecule has 1 unspecified atom stereocenters. The van der Waals surface area contributed by atoms with E-state index in [0.29, 0.717) is 31.3 Å². The van der Waals surface area contributed by atoms with E-state index >= 15 is 0 Å². The van der Waals surface area contributed by atoms with Gasteiger partial charge in [-0.1, -0.05) is 5.16 Å². The van der Waals surface area contributed by atoms with Crippen molar-refractivity contribution in [2.24, 2.45) is 0 Å². The Balaban J connectivity index is 2.52. The predicted molar refractivity (Wildman–Crippen MR) is 53.6 cm³/mol. The van der Waals surface area contributed by atoms with Crippen molar-refractivity contribution in [2.45, 2.75) is 33.1 Å². The molecule has 0 aliphatic heterocycles. The number of aromatic nitrogens is 2. The van der Waals surface area contributed by atoms with Crippen molar-refractivity contribution < 1.29 is 14.1 Å². The largest absolute Gasteiger partial charge is 0.381 e. The van der Waals surface area contributed by atoms with Crippen LogP contribution in [-0.4, -0.2) is 29.1 Å². The lowest BCUT2D eigenvalue weighted by Gasteiger charge is -1.98. The third-order valence-corrected chi connectivity index (χ3v) is 2.14. The van der Waals surface area contributed by atoms with Crippen LogP contribution in [0.3, 0.4) is 0 Å². The van der Waals surface area contributed by atoms with Gasteiger partial charge in [0.1, 0.15) is 5.78 Å². The molecule has 0 fully saturated rings. The third-order valence-electron chi connectivity index (χ3n) is 2.14. The quantitative estimate of drug-likeness (QED) is 0.666. The van der Waals surface area contributed by atoms with Gasteiger partial charge in [-0.15, -0.1) is 0 Å². The SMILES string of the molecule is CCOCCc1noc(C(C)C(C)=O)n1. The van der Waals surface area contributed by atoms with Crippen LogP contribution < -0.4 is 0 Å². The van der Waals surface area contributed by atoms with Crippen molar-refractivity contribution in [3.8, 4) is 0 Å². The number of carbonyl (C=O) groups excluding carboxylic acids is 1. The first-order chi connectivity index (χ1) is 7.15. The van der Waals surface area contributed by atoms with Gasteiger partial charge in [-0.3, -0.25) is 4.79 Å². The highest BCUT2D eigenvalue weighted by atomic mass is 16.5. The number of rotatable bonds is 6. The molecule has 0 aliphatic carbocycles. The first-order valence-electron chi connectivity index (χ1n) is 5.05. The molecule has 1 aromatic rings. The lowest BCUT2D eigenvalue weighted by Crippen LogP contribution is -2.05. The van der Waals surface area contributed by atoms with Crippen LogP contribution in [0.25, 0.3) is 0 Å². The maximum absolute atomic E-state index is 11.1. The highest BCUT2D eigenvalue weighted by Crippen LogP contribution is 2.13. The Labute approximate surface area is 88.8 Å². The fourth-order valence-electron chi connectivity index (χ4n) is 1.03. The van der Waals surface area contributed by atoms with E-state index in [2.05, 4.69) is 10.1 Å². The van der Waals surface area contributed by atoms with E-state index in [1.807, 2.05) is 6.92 Å². The van der Waals surface area contributed by atoms with Crippen LogP contribution in [0.5, 0.6) is 0 Å². The van der Waals surface area contributed by atoms with Crippen molar-refractivity contribution in [3.05, 3.63) is 11.7 Å². The summed E-state index contributed by atoms with van der Waals surface area (Å²) >= 11 is 0. The summed E-state index contributed by atoms with van der Waals surface area (Å²) in [6, 6.07) is 0.